The van der Waals surface area contributed by atoms with E-state index in [-0.39, 0.29) is 5.96 Å². The molecule has 0 aliphatic heterocycles. The number of ether oxygens (including phenoxy) is 1. The zero-order chi connectivity index (χ0) is 11.3. The third-order valence-electron chi connectivity index (χ3n) is 1.60. The largest absolute Gasteiger partial charge is 0.496 e. The fourth-order valence-corrected chi connectivity index (χ4v) is 1.51. The van der Waals surface area contributed by atoms with Gasteiger partial charge in [0.05, 0.1) is 11.6 Å². The van der Waals surface area contributed by atoms with E-state index in [1.54, 1.807) is 13.3 Å². The first-order valence-corrected chi connectivity index (χ1v) is 4.93. The number of rotatable bonds is 3. The normalized spacial score (nSPS) is 10.3. The van der Waals surface area contributed by atoms with E-state index in [1.807, 2.05) is 18.2 Å². The van der Waals surface area contributed by atoms with Crippen molar-refractivity contribution in [2.75, 3.05) is 7.11 Å². The first-order chi connectivity index (χ1) is 7.13. The van der Waals surface area contributed by atoms with Gasteiger partial charge in [-0.1, -0.05) is 0 Å². The zero-order valence-corrected chi connectivity index (χ0v) is 9.78. The van der Waals surface area contributed by atoms with Crippen LogP contribution in [0.25, 0.3) is 0 Å². The van der Waals surface area contributed by atoms with Crippen LogP contribution in [0, 0.1) is 0 Å². The summed E-state index contributed by atoms with van der Waals surface area (Å²) in [5, 5.41) is 6.23. The van der Waals surface area contributed by atoms with E-state index in [1.165, 1.54) is 0 Å². The molecule has 0 spiro atoms. The van der Waals surface area contributed by atoms with E-state index in [9.17, 15) is 0 Å². The van der Waals surface area contributed by atoms with E-state index in [0.717, 1.165) is 15.8 Å². The van der Waals surface area contributed by atoms with Crippen molar-refractivity contribution >= 4 is 28.1 Å². The van der Waals surface area contributed by atoms with Gasteiger partial charge in [0.2, 0.25) is 6.21 Å². The quantitative estimate of drug-likeness (QED) is 0.380. The second kappa shape index (κ2) is 5.35. The SMILES string of the molecule is COc1ccc(/C=[NH+]\N=C(N)N)cc1Br. The number of halogens is 1. The maximum Gasteiger partial charge on any atom is 0.256 e. The van der Waals surface area contributed by atoms with Crippen molar-refractivity contribution in [3.63, 3.8) is 0 Å². The topological polar surface area (TPSA) is 87.6 Å². The highest BCUT2D eigenvalue weighted by Gasteiger charge is 2.00. The lowest BCUT2D eigenvalue weighted by atomic mass is 10.2. The number of methoxy groups -OCH3 is 1. The Bertz CT molecular complexity index is 399. The summed E-state index contributed by atoms with van der Waals surface area (Å²) in [4.78, 5) is 0. The molecular formula is C9H12BrN4O+. The van der Waals surface area contributed by atoms with Gasteiger partial charge < -0.3 is 16.2 Å². The van der Waals surface area contributed by atoms with Gasteiger partial charge in [-0.05, 0) is 34.1 Å². The lowest BCUT2D eigenvalue weighted by Gasteiger charge is -2.01. The van der Waals surface area contributed by atoms with Crippen LogP contribution in [0.4, 0.5) is 0 Å². The van der Waals surface area contributed by atoms with Crippen LogP contribution in [0.15, 0.2) is 27.8 Å². The fourth-order valence-electron chi connectivity index (χ4n) is 0.954. The van der Waals surface area contributed by atoms with Crippen LogP contribution in [-0.4, -0.2) is 19.3 Å². The molecule has 15 heavy (non-hydrogen) atoms. The molecule has 5 nitrogen and oxygen atoms in total. The third-order valence-corrected chi connectivity index (χ3v) is 2.22. The van der Waals surface area contributed by atoms with Gasteiger partial charge in [-0.25, -0.2) is 0 Å². The molecule has 5 N–H and O–H groups in total. The molecule has 1 aromatic rings. The molecule has 1 aromatic carbocycles. The highest BCUT2D eigenvalue weighted by molar-refractivity contribution is 9.10. The molecule has 0 saturated carbocycles. The summed E-state index contributed by atoms with van der Waals surface area (Å²) >= 11 is 3.37. The smallest absolute Gasteiger partial charge is 0.256 e. The number of guanidine groups is 1. The van der Waals surface area contributed by atoms with E-state index in [4.69, 9.17) is 16.2 Å². The summed E-state index contributed by atoms with van der Waals surface area (Å²) in [5.41, 5.74) is 11.2. The van der Waals surface area contributed by atoms with Gasteiger partial charge in [0.25, 0.3) is 5.96 Å². The Balaban J connectivity index is 2.84. The zero-order valence-electron chi connectivity index (χ0n) is 8.20. The predicted molar refractivity (Wildman–Crippen MR) is 62.6 cm³/mol. The minimum absolute atomic E-state index is 0.0150. The number of hydrogen-bond donors (Lipinski definition) is 3. The van der Waals surface area contributed by atoms with E-state index >= 15 is 0 Å². The minimum atomic E-state index is -0.0150. The maximum atomic E-state index is 5.15. The Morgan fingerprint density at radius 3 is 2.80 bits per heavy atom. The van der Waals surface area contributed by atoms with Crippen molar-refractivity contribution < 1.29 is 9.84 Å². The summed E-state index contributed by atoms with van der Waals surface area (Å²) in [6.45, 7) is 0. The highest BCUT2D eigenvalue weighted by atomic mass is 79.9. The van der Waals surface area contributed by atoms with Crippen LogP contribution in [0.3, 0.4) is 0 Å². The Labute approximate surface area is 95.9 Å². The molecule has 0 aromatic heterocycles. The molecule has 0 unspecified atom stereocenters. The second-order valence-corrected chi connectivity index (χ2v) is 3.56. The Morgan fingerprint density at radius 1 is 1.53 bits per heavy atom. The van der Waals surface area contributed by atoms with Crippen molar-refractivity contribution in [2.45, 2.75) is 0 Å². The summed E-state index contributed by atoms with van der Waals surface area (Å²) in [7, 11) is 1.61. The number of benzene rings is 1. The van der Waals surface area contributed by atoms with Gasteiger partial charge >= 0.3 is 0 Å². The molecule has 0 aliphatic carbocycles. The summed E-state index contributed by atoms with van der Waals surface area (Å²) < 4.78 is 5.96. The molecule has 80 valence electrons. The van der Waals surface area contributed by atoms with Crippen molar-refractivity contribution in [1.29, 1.82) is 0 Å². The van der Waals surface area contributed by atoms with Crippen molar-refractivity contribution in [1.82, 2.24) is 0 Å². The molecule has 0 radical (unpaired) electrons. The van der Waals surface area contributed by atoms with Gasteiger partial charge in [0, 0.05) is 10.7 Å². The van der Waals surface area contributed by atoms with E-state index < -0.39 is 0 Å². The molecular weight excluding hydrogens is 260 g/mol. The monoisotopic (exact) mass is 271 g/mol. The minimum Gasteiger partial charge on any atom is -0.496 e. The Morgan fingerprint density at radius 2 is 2.27 bits per heavy atom. The second-order valence-electron chi connectivity index (χ2n) is 2.70. The number of hydrazone groups is 1. The number of nitrogens with one attached hydrogen (secondary N) is 1. The van der Waals surface area contributed by atoms with Crippen LogP contribution in [0.5, 0.6) is 5.75 Å². The number of hydrogen-bond acceptors (Lipinski definition) is 2. The van der Waals surface area contributed by atoms with Gasteiger partial charge in [-0.15, -0.1) is 5.10 Å². The van der Waals surface area contributed by atoms with E-state index in [0.29, 0.717) is 0 Å². The summed E-state index contributed by atoms with van der Waals surface area (Å²) in [5.74, 6) is 0.757. The van der Waals surface area contributed by atoms with Crippen LogP contribution >= 0.6 is 15.9 Å². The average Bonchev–Trinajstić information content (AvgIpc) is 2.17. The summed E-state index contributed by atoms with van der Waals surface area (Å²) in [6, 6.07) is 5.60. The lowest BCUT2D eigenvalue weighted by Crippen LogP contribution is -2.63. The van der Waals surface area contributed by atoms with Crippen LogP contribution in [0.1, 0.15) is 5.56 Å². The molecule has 6 heteroatoms. The molecule has 0 atom stereocenters. The van der Waals surface area contributed by atoms with Gasteiger partial charge in [0.1, 0.15) is 5.75 Å². The van der Waals surface area contributed by atoms with Gasteiger partial charge in [0.15, 0.2) is 0 Å². The molecule has 0 bridgehead atoms. The molecule has 0 aliphatic rings. The first kappa shape index (κ1) is 11.5. The maximum absolute atomic E-state index is 5.15. The number of nitrogens with two attached hydrogens (primary N) is 2. The standard InChI is InChI=1S/C9H11BrN4O/c1-15-8-3-2-6(4-7(8)10)5-13-14-9(11)12/h2-5H,1H3,(H4,11,12,14)/p+1/b13-5-. The van der Waals surface area contributed by atoms with Crippen molar-refractivity contribution in [3.8, 4) is 5.75 Å². The van der Waals surface area contributed by atoms with Crippen molar-refractivity contribution in [3.05, 3.63) is 28.2 Å². The summed E-state index contributed by atoms with van der Waals surface area (Å²) in [6.07, 6.45) is 1.67. The predicted octanol–water partition coefficient (Wildman–Crippen LogP) is -0.854. The highest BCUT2D eigenvalue weighted by Crippen LogP contribution is 2.24. The van der Waals surface area contributed by atoms with Crippen molar-refractivity contribution in [2.24, 2.45) is 16.6 Å². The Kier molecular flexibility index (Phi) is 4.11. The average molecular weight is 272 g/mol. The fraction of sp³-hybridized carbons (Fsp3) is 0.111. The first-order valence-electron chi connectivity index (χ1n) is 4.14. The lowest BCUT2D eigenvalue weighted by molar-refractivity contribution is -0.456. The molecule has 0 heterocycles. The van der Waals surface area contributed by atoms with Crippen LogP contribution in [0.2, 0.25) is 0 Å². The van der Waals surface area contributed by atoms with Gasteiger partial charge in [-0.3, -0.25) is 0 Å². The molecule has 0 amide bonds. The molecule has 1 rings (SSSR count). The molecule has 0 saturated heterocycles. The van der Waals surface area contributed by atoms with Crippen LogP contribution in [-0.2, 0) is 0 Å². The van der Waals surface area contributed by atoms with Gasteiger partial charge in [-0.2, -0.15) is 0 Å². The van der Waals surface area contributed by atoms with E-state index in [2.05, 4.69) is 26.1 Å². The Hall–Kier alpha value is -1.56. The third kappa shape index (κ3) is 3.59. The number of nitrogens with zero attached hydrogens (tertiary/aromatic N) is 1. The molecule has 0 fully saturated rings. The van der Waals surface area contributed by atoms with Crippen LogP contribution < -0.4 is 21.3 Å².